The molecule has 0 radical (unpaired) electrons. The Morgan fingerprint density at radius 1 is 1.44 bits per heavy atom. The fraction of sp³-hybridized carbons (Fsp3) is 0.273. The van der Waals surface area contributed by atoms with Crippen LogP contribution in [0.2, 0.25) is 0 Å². The van der Waals surface area contributed by atoms with Gasteiger partial charge in [-0.05, 0) is 26.0 Å². The van der Waals surface area contributed by atoms with Gasteiger partial charge < -0.3 is 5.11 Å². The van der Waals surface area contributed by atoms with Crippen LogP contribution in [0.5, 0.6) is 0 Å². The summed E-state index contributed by atoms with van der Waals surface area (Å²) in [4.78, 5) is 10.7. The Hall–Kier alpha value is -1.96. The third kappa shape index (κ3) is 2.01. The van der Waals surface area contributed by atoms with E-state index >= 15 is 0 Å². The molecule has 1 N–H and O–H groups in total. The average molecular weight is 225 g/mol. The second-order valence-corrected chi connectivity index (χ2v) is 3.86. The largest absolute Gasteiger partial charge is 0.478 e. The fourth-order valence-electron chi connectivity index (χ4n) is 1.23. The van der Waals surface area contributed by atoms with Crippen LogP contribution in [0.25, 0.3) is 0 Å². The number of carboxylic acid groups (broad SMARTS) is 1. The fourth-order valence-corrected chi connectivity index (χ4v) is 1.23. The van der Waals surface area contributed by atoms with Crippen molar-refractivity contribution in [2.24, 2.45) is 0 Å². The van der Waals surface area contributed by atoms with Gasteiger partial charge in [-0.25, -0.2) is 13.6 Å². The number of aromatic carboxylic acids is 1. The average Bonchev–Trinajstić information content (AvgIpc) is 2.21. The van der Waals surface area contributed by atoms with E-state index in [0.29, 0.717) is 6.07 Å². The first-order chi connectivity index (χ1) is 7.29. The van der Waals surface area contributed by atoms with E-state index in [9.17, 15) is 13.6 Å². The molecule has 84 valence electrons. The van der Waals surface area contributed by atoms with Crippen LogP contribution in [0.3, 0.4) is 0 Å². The highest BCUT2D eigenvalue weighted by molar-refractivity contribution is 5.88. The molecule has 0 bridgehead atoms. The molecule has 0 saturated carbocycles. The van der Waals surface area contributed by atoms with Gasteiger partial charge in [-0.15, -0.1) is 0 Å². The van der Waals surface area contributed by atoms with Gasteiger partial charge in [0.25, 0.3) is 0 Å². The van der Waals surface area contributed by atoms with E-state index in [2.05, 4.69) is 0 Å². The number of carbonyl (C=O) groups is 1. The second kappa shape index (κ2) is 3.89. The zero-order valence-electron chi connectivity index (χ0n) is 8.71. The van der Waals surface area contributed by atoms with Gasteiger partial charge in [0.05, 0.1) is 17.0 Å². The Labute approximate surface area is 90.9 Å². The molecule has 0 saturated heterocycles. The van der Waals surface area contributed by atoms with Gasteiger partial charge >= 0.3 is 5.97 Å². The minimum absolute atomic E-state index is 0.257. The minimum Gasteiger partial charge on any atom is -0.478 e. The number of carboxylic acids is 1. The third-order valence-corrected chi connectivity index (χ3v) is 2.23. The quantitative estimate of drug-likeness (QED) is 0.840. The van der Waals surface area contributed by atoms with E-state index in [0.717, 1.165) is 6.07 Å². The Morgan fingerprint density at radius 3 is 2.44 bits per heavy atom. The molecule has 16 heavy (non-hydrogen) atoms. The molecular formula is C11H9F2NO2. The monoisotopic (exact) mass is 225 g/mol. The predicted octanol–water partition coefficient (Wildman–Crippen LogP) is 2.46. The molecule has 0 aliphatic carbocycles. The van der Waals surface area contributed by atoms with Crippen LogP contribution in [0.15, 0.2) is 12.1 Å². The second-order valence-electron chi connectivity index (χ2n) is 3.86. The van der Waals surface area contributed by atoms with E-state index in [1.54, 1.807) is 6.07 Å². The van der Waals surface area contributed by atoms with Crippen LogP contribution in [0.4, 0.5) is 8.78 Å². The summed E-state index contributed by atoms with van der Waals surface area (Å²) in [5.74, 6) is -3.82. The van der Waals surface area contributed by atoms with Gasteiger partial charge in [0.15, 0.2) is 11.6 Å². The summed E-state index contributed by atoms with van der Waals surface area (Å²) in [5.41, 5.74) is -1.92. The van der Waals surface area contributed by atoms with Crippen molar-refractivity contribution in [2.75, 3.05) is 0 Å². The lowest BCUT2D eigenvalue weighted by molar-refractivity contribution is 0.0696. The minimum atomic E-state index is -1.37. The summed E-state index contributed by atoms with van der Waals surface area (Å²) in [7, 11) is 0. The number of hydrogen-bond acceptors (Lipinski definition) is 2. The van der Waals surface area contributed by atoms with Gasteiger partial charge in [0.2, 0.25) is 0 Å². The maximum Gasteiger partial charge on any atom is 0.335 e. The topological polar surface area (TPSA) is 61.1 Å². The Morgan fingerprint density at radius 2 is 2.00 bits per heavy atom. The summed E-state index contributed by atoms with van der Waals surface area (Å²) in [5, 5.41) is 17.5. The Balaban J connectivity index is 3.52. The molecule has 0 aliphatic heterocycles. The molecule has 0 aromatic heterocycles. The van der Waals surface area contributed by atoms with Crippen LogP contribution in [0, 0.1) is 23.0 Å². The summed E-state index contributed by atoms with van der Waals surface area (Å²) < 4.78 is 26.5. The van der Waals surface area contributed by atoms with Crippen LogP contribution < -0.4 is 0 Å². The van der Waals surface area contributed by atoms with Crippen molar-refractivity contribution < 1.29 is 18.7 Å². The molecule has 0 spiro atoms. The van der Waals surface area contributed by atoms with Crippen LogP contribution >= 0.6 is 0 Å². The molecule has 0 heterocycles. The normalized spacial score (nSPS) is 10.9. The van der Waals surface area contributed by atoms with E-state index in [1.165, 1.54) is 13.8 Å². The highest BCUT2D eigenvalue weighted by Crippen LogP contribution is 2.27. The van der Waals surface area contributed by atoms with Gasteiger partial charge in [0, 0.05) is 5.56 Å². The standard InChI is InChI=1S/C11H9F2NO2/c1-11(2,5-14)7-3-6(10(15)16)4-8(12)9(7)13/h3-4H,1-2H3,(H,15,16). The van der Waals surface area contributed by atoms with Gasteiger partial charge in [-0.3, -0.25) is 0 Å². The lowest BCUT2D eigenvalue weighted by atomic mass is 9.85. The number of halogens is 2. The van der Waals surface area contributed by atoms with E-state index in [4.69, 9.17) is 10.4 Å². The molecule has 1 rings (SSSR count). The first kappa shape index (κ1) is 12.1. The van der Waals surface area contributed by atoms with Crippen molar-refractivity contribution in [3.8, 4) is 6.07 Å². The number of hydrogen-bond donors (Lipinski definition) is 1. The number of benzene rings is 1. The predicted molar refractivity (Wildman–Crippen MR) is 52.0 cm³/mol. The molecule has 1 aromatic rings. The molecule has 3 nitrogen and oxygen atoms in total. The molecule has 0 aliphatic rings. The summed E-state index contributed by atoms with van der Waals surface area (Å²) in [6.45, 7) is 2.77. The molecule has 0 fully saturated rings. The van der Waals surface area contributed by atoms with Crippen molar-refractivity contribution in [3.05, 3.63) is 34.9 Å². The van der Waals surface area contributed by atoms with Crippen LogP contribution in [-0.4, -0.2) is 11.1 Å². The number of nitriles is 1. The summed E-state index contributed by atoms with van der Waals surface area (Å²) >= 11 is 0. The van der Waals surface area contributed by atoms with Crippen molar-refractivity contribution in [1.82, 2.24) is 0 Å². The maximum absolute atomic E-state index is 13.4. The number of nitrogens with zero attached hydrogens (tertiary/aromatic N) is 1. The number of rotatable bonds is 2. The third-order valence-electron chi connectivity index (χ3n) is 2.23. The zero-order chi connectivity index (χ0) is 12.5. The maximum atomic E-state index is 13.4. The first-order valence-corrected chi connectivity index (χ1v) is 4.43. The van der Waals surface area contributed by atoms with Gasteiger partial charge in [-0.2, -0.15) is 5.26 Å². The zero-order valence-corrected chi connectivity index (χ0v) is 8.71. The molecule has 1 aromatic carbocycles. The molecular weight excluding hydrogens is 216 g/mol. The summed E-state index contributed by atoms with van der Waals surface area (Å²) in [6, 6.07) is 3.36. The van der Waals surface area contributed by atoms with Gasteiger partial charge in [-0.1, -0.05) is 0 Å². The van der Waals surface area contributed by atoms with E-state index < -0.39 is 23.0 Å². The molecule has 0 amide bonds. The van der Waals surface area contributed by atoms with Crippen molar-refractivity contribution in [2.45, 2.75) is 19.3 Å². The highest BCUT2D eigenvalue weighted by Gasteiger charge is 2.27. The smallest absolute Gasteiger partial charge is 0.335 e. The van der Waals surface area contributed by atoms with Gasteiger partial charge in [0.1, 0.15) is 0 Å². The van der Waals surface area contributed by atoms with Crippen molar-refractivity contribution in [3.63, 3.8) is 0 Å². The van der Waals surface area contributed by atoms with Crippen molar-refractivity contribution in [1.29, 1.82) is 5.26 Å². The Bertz CT molecular complexity index is 489. The molecule has 0 unspecified atom stereocenters. The SMILES string of the molecule is CC(C)(C#N)c1cc(C(=O)O)cc(F)c1F. The Kier molecular flexibility index (Phi) is 2.95. The van der Waals surface area contributed by atoms with Crippen LogP contribution in [0.1, 0.15) is 29.8 Å². The lowest BCUT2D eigenvalue weighted by Gasteiger charge is -2.17. The highest BCUT2D eigenvalue weighted by atomic mass is 19.2. The van der Waals surface area contributed by atoms with E-state index in [1.807, 2.05) is 0 Å². The summed E-state index contributed by atoms with van der Waals surface area (Å²) in [6.07, 6.45) is 0. The lowest BCUT2D eigenvalue weighted by Crippen LogP contribution is -2.18. The first-order valence-electron chi connectivity index (χ1n) is 4.43. The van der Waals surface area contributed by atoms with E-state index in [-0.39, 0.29) is 11.1 Å². The molecule has 0 atom stereocenters. The van der Waals surface area contributed by atoms with Crippen molar-refractivity contribution >= 4 is 5.97 Å². The van der Waals surface area contributed by atoms with Crippen LogP contribution in [-0.2, 0) is 5.41 Å². The molecule has 5 heteroatoms.